The molecule has 5 N–H and O–H groups in total. The van der Waals surface area contributed by atoms with Crippen LogP contribution in [0.3, 0.4) is 0 Å². The van der Waals surface area contributed by atoms with E-state index >= 15 is 0 Å². The molecule has 0 aromatic heterocycles. The van der Waals surface area contributed by atoms with Gasteiger partial charge in [-0.3, -0.25) is 5.41 Å². The Morgan fingerprint density at radius 2 is 1.93 bits per heavy atom. The number of nitrogens with two attached hydrogens (primary N) is 2. The highest BCUT2D eigenvalue weighted by atomic mass is 14.7. The van der Waals surface area contributed by atoms with Gasteiger partial charge in [0, 0.05) is 11.3 Å². The van der Waals surface area contributed by atoms with Crippen LogP contribution in [0.1, 0.15) is 25.8 Å². The van der Waals surface area contributed by atoms with Gasteiger partial charge in [0.05, 0.1) is 11.4 Å². The maximum Gasteiger partial charge on any atom is 0.0853 e. The quantitative estimate of drug-likeness (QED) is 0.613. The monoisotopic (exact) mass is 357 g/mol. The summed E-state index contributed by atoms with van der Waals surface area (Å²) in [6, 6.07) is 9.86. The van der Waals surface area contributed by atoms with Gasteiger partial charge in [0.25, 0.3) is 0 Å². The molecule has 0 saturated heterocycles. The molecular formula is C24H27N3. The van der Waals surface area contributed by atoms with E-state index in [2.05, 4.69) is 19.6 Å². The topological polar surface area (TPSA) is 75.9 Å². The highest BCUT2D eigenvalue weighted by molar-refractivity contribution is 6.16. The predicted molar refractivity (Wildman–Crippen MR) is 117 cm³/mol. The van der Waals surface area contributed by atoms with Crippen molar-refractivity contribution in [2.24, 2.45) is 11.5 Å². The van der Waals surface area contributed by atoms with E-state index in [0.29, 0.717) is 17.1 Å². The second-order valence-corrected chi connectivity index (χ2v) is 6.15. The molecule has 0 radical (unpaired) electrons. The Kier molecular flexibility index (Phi) is 6.95. The standard InChI is InChI=1S/C24H27N3/c1-4-10-18(16-22(25)17-13-8-7-9-14-17)21-15-19(11-5-2)23(26)24(27)20(21)12-6-3/h5-16,27H,3-4,25-26H2,1-2H3/b11-5-,18-10+,20-12-,22-16-,27-24?. The van der Waals surface area contributed by atoms with Gasteiger partial charge in [-0.2, -0.15) is 0 Å². The molecule has 3 heteroatoms. The summed E-state index contributed by atoms with van der Waals surface area (Å²) in [5.74, 6) is 0. The van der Waals surface area contributed by atoms with Crippen LogP contribution in [0.4, 0.5) is 0 Å². The van der Waals surface area contributed by atoms with Crippen molar-refractivity contribution in [3.8, 4) is 0 Å². The molecule has 0 spiro atoms. The van der Waals surface area contributed by atoms with E-state index in [4.69, 9.17) is 16.9 Å². The Bertz CT molecular complexity index is 904. The van der Waals surface area contributed by atoms with Crippen LogP contribution in [0.5, 0.6) is 0 Å². The highest BCUT2D eigenvalue weighted by Crippen LogP contribution is 2.32. The van der Waals surface area contributed by atoms with Gasteiger partial charge in [-0.1, -0.05) is 74.2 Å². The lowest BCUT2D eigenvalue weighted by atomic mass is 9.84. The average Bonchev–Trinajstić information content (AvgIpc) is 2.68. The first-order valence-electron chi connectivity index (χ1n) is 9.03. The molecule has 27 heavy (non-hydrogen) atoms. The number of rotatable bonds is 6. The van der Waals surface area contributed by atoms with Gasteiger partial charge >= 0.3 is 0 Å². The molecule has 0 bridgehead atoms. The van der Waals surface area contributed by atoms with Crippen molar-refractivity contribution in [1.29, 1.82) is 5.41 Å². The van der Waals surface area contributed by atoms with Crippen molar-refractivity contribution < 1.29 is 0 Å². The average molecular weight is 358 g/mol. The molecule has 0 fully saturated rings. The minimum atomic E-state index is 0.300. The second-order valence-electron chi connectivity index (χ2n) is 6.15. The zero-order chi connectivity index (χ0) is 19.8. The van der Waals surface area contributed by atoms with Crippen molar-refractivity contribution in [3.05, 3.63) is 113 Å². The molecule has 0 atom stereocenters. The van der Waals surface area contributed by atoms with E-state index in [1.54, 1.807) is 6.08 Å². The molecule has 138 valence electrons. The Hall–Kier alpha value is -3.33. The Morgan fingerprint density at radius 3 is 2.52 bits per heavy atom. The molecule has 1 aliphatic rings. The molecule has 3 nitrogen and oxygen atoms in total. The molecule has 1 aromatic rings. The van der Waals surface area contributed by atoms with Crippen LogP contribution >= 0.6 is 0 Å². The summed E-state index contributed by atoms with van der Waals surface area (Å²) in [4.78, 5) is 0. The summed E-state index contributed by atoms with van der Waals surface area (Å²) < 4.78 is 0. The number of nitrogens with one attached hydrogen (secondary N) is 1. The largest absolute Gasteiger partial charge is 0.398 e. The van der Waals surface area contributed by atoms with Gasteiger partial charge in [0.15, 0.2) is 0 Å². The first-order valence-corrected chi connectivity index (χ1v) is 9.03. The minimum Gasteiger partial charge on any atom is -0.398 e. The Labute approximate surface area is 162 Å². The fraction of sp³-hybridized carbons (Fsp3) is 0.125. The van der Waals surface area contributed by atoms with E-state index < -0.39 is 0 Å². The van der Waals surface area contributed by atoms with Crippen LogP contribution in [0.25, 0.3) is 5.70 Å². The van der Waals surface area contributed by atoms with Gasteiger partial charge in [-0.05, 0) is 47.8 Å². The lowest BCUT2D eigenvalue weighted by Gasteiger charge is -2.22. The third kappa shape index (κ3) is 4.64. The molecule has 1 aromatic carbocycles. The zero-order valence-corrected chi connectivity index (χ0v) is 16.0. The second kappa shape index (κ2) is 9.39. The van der Waals surface area contributed by atoms with Gasteiger partial charge in [0.2, 0.25) is 0 Å². The van der Waals surface area contributed by atoms with E-state index in [-0.39, 0.29) is 0 Å². The predicted octanol–water partition coefficient (Wildman–Crippen LogP) is 5.18. The van der Waals surface area contributed by atoms with E-state index in [1.807, 2.05) is 67.6 Å². The number of hydrogen-bond donors (Lipinski definition) is 3. The first kappa shape index (κ1) is 20.0. The molecule has 0 heterocycles. The summed E-state index contributed by atoms with van der Waals surface area (Å²) in [6.45, 7) is 7.80. The summed E-state index contributed by atoms with van der Waals surface area (Å²) in [6.07, 6.45) is 14.3. The van der Waals surface area contributed by atoms with E-state index in [1.165, 1.54) is 0 Å². The third-order valence-electron chi connectivity index (χ3n) is 4.22. The maximum absolute atomic E-state index is 8.51. The summed E-state index contributed by atoms with van der Waals surface area (Å²) in [5.41, 5.74) is 18.4. The van der Waals surface area contributed by atoms with Crippen molar-refractivity contribution in [2.45, 2.75) is 20.3 Å². The van der Waals surface area contributed by atoms with Gasteiger partial charge < -0.3 is 11.5 Å². The normalized spacial score (nSPS) is 17.6. The number of hydrogen-bond acceptors (Lipinski definition) is 3. The van der Waals surface area contributed by atoms with Crippen LogP contribution in [-0.2, 0) is 0 Å². The van der Waals surface area contributed by atoms with Crippen molar-refractivity contribution in [1.82, 2.24) is 0 Å². The Morgan fingerprint density at radius 1 is 1.22 bits per heavy atom. The van der Waals surface area contributed by atoms with Crippen LogP contribution in [0, 0.1) is 5.41 Å². The van der Waals surface area contributed by atoms with Crippen LogP contribution in [-0.4, -0.2) is 5.71 Å². The first-order chi connectivity index (χ1) is 13.0. The third-order valence-corrected chi connectivity index (χ3v) is 4.22. The number of benzene rings is 1. The summed E-state index contributed by atoms with van der Waals surface area (Å²) >= 11 is 0. The summed E-state index contributed by atoms with van der Waals surface area (Å²) in [5, 5.41) is 8.51. The minimum absolute atomic E-state index is 0.300. The zero-order valence-electron chi connectivity index (χ0n) is 16.0. The molecule has 2 rings (SSSR count). The van der Waals surface area contributed by atoms with E-state index in [9.17, 15) is 0 Å². The maximum atomic E-state index is 8.51. The SMILES string of the molecule is C=C/C=C1\C(=N)C(N)=C(/C=C\C)C=C1C(/C=C(\N)c1ccccc1)=C/CC. The van der Waals surface area contributed by atoms with Gasteiger partial charge in [-0.15, -0.1) is 0 Å². The fourth-order valence-electron chi connectivity index (χ4n) is 2.93. The lowest BCUT2D eigenvalue weighted by Crippen LogP contribution is -2.20. The molecular weight excluding hydrogens is 330 g/mol. The van der Waals surface area contributed by atoms with Crippen molar-refractivity contribution in [2.75, 3.05) is 0 Å². The van der Waals surface area contributed by atoms with Gasteiger partial charge in [0.1, 0.15) is 0 Å². The molecule has 1 aliphatic carbocycles. The van der Waals surface area contributed by atoms with Crippen molar-refractivity contribution >= 4 is 11.4 Å². The number of allylic oxidation sites excluding steroid dienone is 11. The van der Waals surface area contributed by atoms with Gasteiger partial charge in [-0.25, -0.2) is 0 Å². The molecule has 0 unspecified atom stereocenters. The van der Waals surface area contributed by atoms with E-state index in [0.717, 1.165) is 34.3 Å². The molecule has 0 saturated carbocycles. The lowest BCUT2D eigenvalue weighted by molar-refractivity contribution is 1.19. The molecule has 0 amide bonds. The highest BCUT2D eigenvalue weighted by Gasteiger charge is 2.22. The van der Waals surface area contributed by atoms with Crippen molar-refractivity contribution in [3.63, 3.8) is 0 Å². The fourth-order valence-corrected chi connectivity index (χ4v) is 2.93. The summed E-state index contributed by atoms with van der Waals surface area (Å²) in [7, 11) is 0. The molecule has 0 aliphatic heterocycles. The Balaban J connectivity index is 2.64. The van der Waals surface area contributed by atoms with Crippen LogP contribution < -0.4 is 11.5 Å². The van der Waals surface area contributed by atoms with Crippen LogP contribution in [0.2, 0.25) is 0 Å². The van der Waals surface area contributed by atoms with Crippen LogP contribution in [0.15, 0.2) is 107 Å². The smallest absolute Gasteiger partial charge is 0.0853 e.